The fraction of sp³-hybridized carbons (Fsp3) is 0.700. The van der Waals surface area contributed by atoms with Gasteiger partial charge in [-0.15, -0.1) is 0 Å². The van der Waals surface area contributed by atoms with Gasteiger partial charge in [0.25, 0.3) is 0 Å². The van der Waals surface area contributed by atoms with E-state index >= 15 is 0 Å². The molecule has 0 spiro atoms. The molecule has 0 saturated carbocycles. The Morgan fingerprint density at radius 2 is 2.36 bits per heavy atom. The number of aryl methyl sites for hydroxylation is 2. The quantitative estimate of drug-likeness (QED) is 0.727. The fourth-order valence-electron chi connectivity index (χ4n) is 1.16. The van der Waals surface area contributed by atoms with Gasteiger partial charge < -0.3 is 5.73 Å². The van der Waals surface area contributed by atoms with Crippen molar-refractivity contribution in [2.75, 3.05) is 11.5 Å². The topological polar surface area (TPSA) is 43.8 Å². The molecular weight excluding hydrogens is 194 g/mol. The number of rotatable bonds is 6. The van der Waals surface area contributed by atoms with Gasteiger partial charge in [0.05, 0.1) is 6.20 Å². The van der Waals surface area contributed by atoms with E-state index in [-0.39, 0.29) is 0 Å². The summed E-state index contributed by atoms with van der Waals surface area (Å²) in [6.45, 7) is 2.06. The molecule has 4 heteroatoms. The second-order valence-electron chi connectivity index (χ2n) is 3.65. The van der Waals surface area contributed by atoms with Gasteiger partial charge in [-0.3, -0.25) is 4.68 Å². The zero-order valence-electron chi connectivity index (χ0n) is 8.94. The van der Waals surface area contributed by atoms with Gasteiger partial charge in [-0.25, -0.2) is 0 Å². The van der Waals surface area contributed by atoms with Crippen LogP contribution in [0.2, 0.25) is 0 Å². The van der Waals surface area contributed by atoms with E-state index in [0.717, 1.165) is 18.6 Å². The monoisotopic (exact) mass is 213 g/mol. The van der Waals surface area contributed by atoms with E-state index in [4.69, 9.17) is 5.73 Å². The maximum atomic E-state index is 5.66. The molecule has 1 aromatic heterocycles. The Kier molecular flexibility index (Phi) is 5.04. The molecule has 0 aromatic carbocycles. The molecule has 0 radical (unpaired) electrons. The van der Waals surface area contributed by atoms with Gasteiger partial charge >= 0.3 is 0 Å². The minimum Gasteiger partial charge on any atom is -0.328 e. The molecular formula is C10H19N3S. The first-order valence-electron chi connectivity index (χ1n) is 4.99. The molecule has 0 bridgehead atoms. The first kappa shape index (κ1) is 11.6. The van der Waals surface area contributed by atoms with Gasteiger partial charge in [-0.1, -0.05) is 0 Å². The zero-order valence-corrected chi connectivity index (χ0v) is 9.76. The SMILES string of the molecule is CC(N)CCSCCc1cnn(C)c1. The van der Waals surface area contributed by atoms with Gasteiger partial charge in [-0.2, -0.15) is 16.9 Å². The number of aromatic nitrogens is 2. The molecule has 0 fully saturated rings. The lowest BCUT2D eigenvalue weighted by molar-refractivity contribution is 0.721. The Hall–Kier alpha value is -0.480. The van der Waals surface area contributed by atoms with E-state index < -0.39 is 0 Å². The molecule has 14 heavy (non-hydrogen) atoms. The minimum absolute atomic E-state index is 0.334. The van der Waals surface area contributed by atoms with E-state index in [9.17, 15) is 0 Å². The molecule has 1 atom stereocenters. The summed E-state index contributed by atoms with van der Waals surface area (Å²) in [5.41, 5.74) is 6.98. The highest BCUT2D eigenvalue weighted by Crippen LogP contribution is 2.08. The van der Waals surface area contributed by atoms with Crippen molar-refractivity contribution < 1.29 is 0 Å². The van der Waals surface area contributed by atoms with E-state index in [1.807, 2.05) is 29.7 Å². The van der Waals surface area contributed by atoms with Crippen molar-refractivity contribution in [3.8, 4) is 0 Å². The van der Waals surface area contributed by atoms with Crippen molar-refractivity contribution in [1.82, 2.24) is 9.78 Å². The standard InChI is InChI=1S/C10H19N3S/c1-9(11)3-5-14-6-4-10-7-12-13(2)8-10/h7-9H,3-6,11H2,1-2H3. The summed E-state index contributed by atoms with van der Waals surface area (Å²) in [6, 6.07) is 0.334. The molecule has 0 saturated heterocycles. The van der Waals surface area contributed by atoms with Gasteiger partial charge in [0.2, 0.25) is 0 Å². The van der Waals surface area contributed by atoms with Crippen LogP contribution in [0.15, 0.2) is 12.4 Å². The van der Waals surface area contributed by atoms with Crippen molar-refractivity contribution in [3.05, 3.63) is 18.0 Å². The summed E-state index contributed by atoms with van der Waals surface area (Å²) in [4.78, 5) is 0. The summed E-state index contributed by atoms with van der Waals surface area (Å²) in [5.74, 6) is 2.33. The van der Waals surface area contributed by atoms with Crippen LogP contribution in [0.25, 0.3) is 0 Å². The number of hydrogen-bond acceptors (Lipinski definition) is 3. The lowest BCUT2D eigenvalue weighted by Gasteiger charge is -2.03. The number of nitrogens with zero attached hydrogens (tertiary/aromatic N) is 2. The van der Waals surface area contributed by atoms with E-state index in [1.165, 1.54) is 11.3 Å². The van der Waals surface area contributed by atoms with Crippen LogP contribution in [0.4, 0.5) is 0 Å². The zero-order chi connectivity index (χ0) is 10.4. The average molecular weight is 213 g/mol. The Labute approximate surface area is 90.1 Å². The van der Waals surface area contributed by atoms with Crippen molar-refractivity contribution >= 4 is 11.8 Å². The van der Waals surface area contributed by atoms with Gasteiger partial charge in [-0.05, 0) is 36.8 Å². The van der Waals surface area contributed by atoms with Crippen LogP contribution in [-0.4, -0.2) is 27.3 Å². The molecule has 80 valence electrons. The third kappa shape index (κ3) is 4.67. The van der Waals surface area contributed by atoms with Crippen LogP contribution < -0.4 is 5.73 Å². The Morgan fingerprint density at radius 1 is 1.57 bits per heavy atom. The van der Waals surface area contributed by atoms with Crippen LogP contribution in [0.3, 0.4) is 0 Å². The summed E-state index contributed by atoms with van der Waals surface area (Å²) in [6.07, 6.45) is 6.23. The smallest absolute Gasteiger partial charge is 0.0521 e. The Bertz CT molecular complexity index is 258. The van der Waals surface area contributed by atoms with Crippen LogP contribution >= 0.6 is 11.8 Å². The van der Waals surface area contributed by atoms with Crippen LogP contribution in [0.5, 0.6) is 0 Å². The van der Waals surface area contributed by atoms with Crippen molar-refractivity contribution in [2.45, 2.75) is 25.8 Å². The summed E-state index contributed by atoms with van der Waals surface area (Å²) < 4.78 is 1.85. The summed E-state index contributed by atoms with van der Waals surface area (Å²) >= 11 is 1.97. The molecule has 1 heterocycles. The average Bonchev–Trinajstić information content (AvgIpc) is 2.50. The molecule has 1 rings (SSSR count). The van der Waals surface area contributed by atoms with Gasteiger partial charge in [0.1, 0.15) is 0 Å². The molecule has 1 unspecified atom stereocenters. The van der Waals surface area contributed by atoms with E-state index in [0.29, 0.717) is 6.04 Å². The lowest BCUT2D eigenvalue weighted by Crippen LogP contribution is -2.15. The van der Waals surface area contributed by atoms with Crippen molar-refractivity contribution in [3.63, 3.8) is 0 Å². The van der Waals surface area contributed by atoms with E-state index in [1.54, 1.807) is 0 Å². The highest BCUT2D eigenvalue weighted by atomic mass is 32.2. The fourth-order valence-corrected chi connectivity index (χ4v) is 2.28. The molecule has 1 aromatic rings. The first-order chi connectivity index (χ1) is 6.68. The molecule has 0 aliphatic rings. The minimum atomic E-state index is 0.334. The van der Waals surface area contributed by atoms with E-state index in [2.05, 4.69) is 18.2 Å². The van der Waals surface area contributed by atoms with Gasteiger partial charge in [0, 0.05) is 19.3 Å². The van der Waals surface area contributed by atoms with Crippen molar-refractivity contribution in [2.24, 2.45) is 12.8 Å². The first-order valence-corrected chi connectivity index (χ1v) is 6.15. The molecule has 0 aliphatic carbocycles. The summed E-state index contributed by atoms with van der Waals surface area (Å²) in [5, 5.41) is 4.13. The Morgan fingerprint density at radius 3 is 2.93 bits per heavy atom. The molecule has 0 aliphatic heterocycles. The van der Waals surface area contributed by atoms with Gasteiger partial charge in [0.15, 0.2) is 0 Å². The summed E-state index contributed by atoms with van der Waals surface area (Å²) in [7, 11) is 1.95. The van der Waals surface area contributed by atoms with Crippen LogP contribution in [0.1, 0.15) is 18.9 Å². The predicted octanol–water partition coefficient (Wildman–Crippen LogP) is 1.43. The third-order valence-corrected chi connectivity index (χ3v) is 3.03. The van der Waals surface area contributed by atoms with Crippen LogP contribution in [0, 0.1) is 0 Å². The number of thioether (sulfide) groups is 1. The second-order valence-corrected chi connectivity index (χ2v) is 4.88. The van der Waals surface area contributed by atoms with Crippen LogP contribution in [-0.2, 0) is 13.5 Å². The normalized spacial score (nSPS) is 13.1. The highest BCUT2D eigenvalue weighted by Gasteiger charge is 1.97. The molecule has 2 N–H and O–H groups in total. The second kappa shape index (κ2) is 6.09. The molecule has 0 amide bonds. The predicted molar refractivity (Wildman–Crippen MR) is 62.5 cm³/mol. The Balaban J connectivity index is 2.04. The lowest BCUT2D eigenvalue weighted by atomic mass is 10.3. The largest absolute Gasteiger partial charge is 0.328 e. The maximum Gasteiger partial charge on any atom is 0.0521 e. The van der Waals surface area contributed by atoms with Crippen molar-refractivity contribution in [1.29, 1.82) is 0 Å². The highest BCUT2D eigenvalue weighted by molar-refractivity contribution is 7.99. The number of hydrogen-bond donors (Lipinski definition) is 1. The third-order valence-electron chi connectivity index (χ3n) is 2.01. The number of nitrogens with two attached hydrogens (primary N) is 1. The molecule has 3 nitrogen and oxygen atoms in total. The maximum absolute atomic E-state index is 5.66.